The molecular weight excluding hydrogens is 313 g/mol. The molecule has 1 atom stereocenters. The number of aromatic nitrogens is 3. The smallest absolute Gasteiger partial charge is 0.317 e. The quantitative estimate of drug-likeness (QED) is 0.923. The van der Waals surface area contributed by atoms with Crippen LogP contribution in [0.4, 0.5) is 9.18 Å². The average Bonchev–Trinajstić information content (AvgIpc) is 2.95. The summed E-state index contributed by atoms with van der Waals surface area (Å²) < 4.78 is 20.2. The zero-order valence-electron chi connectivity index (χ0n) is 13.7. The van der Waals surface area contributed by atoms with Crippen LogP contribution in [-0.4, -0.2) is 45.9 Å². The number of hydrogen-bond acceptors (Lipinski definition) is 4. The number of amides is 2. The van der Waals surface area contributed by atoms with Crippen molar-refractivity contribution in [2.75, 3.05) is 20.2 Å². The fourth-order valence-corrected chi connectivity index (χ4v) is 2.74. The number of nitrogens with zero attached hydrogens (tertiary/aromatic N) is 4. The monoisotopic (exact) mass is 333 g/mol. The van der Waals surface area contributed by atoms with Crippen LogP contribution in [0.15, 0.2) is 24.3 Å². The molecule has 1 aliphatic rings. The van der Waals surface area contributed by atoms with Crippen LogP contribution in [0.2, 0.25) is 0 Å². The number of ether oxygens (including phenoxy) is 1. The number of rotatable bonds is 4. The van der Waals surface area contributed by atoms with Crippen molar-refractivity contribution >= 4 is 6.03 Å². The number of urea groups is 1. The van der Waals surface area contributed by atoms with E-state index in [-0.39, 0.29) is 18.0 Å². The van der Waals surface area contributed by atoms with E-state index in [1.165, 1.54) is 12.1 Å². The van der Waals surface area contributed by atoms with Crippen LogP contribution in [-0.2, 0) is 17.8 Å². The van der Waals surface area contributed by atoms with Crippen molar-refractivity contribution in [1.82, 2.24) is 25.0 Å². The molecule has 2 amide bonds. The molecule has 0 bridgehead atoms. The summed E-state index contributed by atoms with van der Waals surface area (Å²) in [6.45, 7) is 3.79. The summed E-state index contributed by atoms with van der Waals surface area (Å²) >= 11 is 0. The number of aryl methyl sites for hydroxylation is 1. The highest BCUT2D eigenvalue weighted by molar-refractivity contribution is 5.74. The third kappa shape index (κ3) is 3.53. The van der Waals surface area contributed by atoms with E-state index in [1.807, 2.05) is 11.6 Å². The van der Waals surface area contributed by atoms with Crippen molar-refractivity contribution in [2.45, 2.75) is 26.1 Å². The van der Waals surface area contributed by atoms with Crippen LogP contribution in [0.5, 0.6) is 0 Å². The van der Waals surface area contributed by atoms with Crippen molar-refractivity contribution in [2.24, 2.45) is 0 Å². The summed E-state index contributed by atoms with van der Waals surface area (Å²) in [5, 5.41) is 7.14. The van der Waals surface area contributed by atoms with Gasteiger partial charge < -0.3 is 15.0 Å². The molecule has 0 saturated heterocycles. The van der Waals surface area contributed by atoms with Crippen molar-refractivity contribution in [3.8, 4) is 0 Å². The molecule has 128 valence electrons. The van der Waals surface area contributed by atoms with Crippen LogP contribution >= 0.6 is 0 Å². The molecule has 2 aromatic rings. The van der Waals surface area contributed by atoms with Gasteiger partial charge in [-0.2, -0.15) is 5.10 Å². The fraction of sp³-hybridized carbons (Fsp3) is 0.438. The minimum atomic E-state index is -0.328. The predicted molar refractivity (Wildman–Crippen MR) is 84.7 cm³/mol. The van der Waals surface area contributed by atoms with E-state index in [9.17, 15) is 9.18 Å². The highest BCUT2D eigenvalue weighted by Crippen LogP contribution is 2.16. The number of methoxy groups -OCH3 is 1. The van der Waals surface area contributed by atoms with Gasteiger partial charge in [0.05, 0.1) is 19.2 Å². The first-order valence-corrected chi connectivity index (χ1v) is 7.78. The maximum atomic E-state index is 13.0. The highest BCUT2D eigenvalue weighted by atomic mass is 19.1. The second kappa shape index (κ2) is 6.96. The van der Waals surface area contributed by atoms with Gasteiger partial charge in [0, 0.05) is 20.2 Å². The lowest BCUT2D eigenvalue weighted by molar-refractivity contribution is 0.100. The Bertz CT molecular complexity index is 716. The molecule has 0 unspecified atom stereocenters. The molecule has 0 saturated carbocycles. The van der Waals surface area contributed by atoms with E-state index in [2.05, 4.69) is 15.4 Å². The van der Waals surface area contributed by atoms with Crippen molar-refractivity contribution in [3.63, 3.8) is 0 Å². The first-order chi connectivity index (χ1) is 11.6. The summed E-state index contributed by atoms with van der Waals surface area (Å²) in [6, 6.07) is 5.89. The van der Waals surface area contributed by atoms with Crippen LogP contribution in [0, 0.1) is 12.7 Å². The normalized spacial score (nSPS) is 15.0. The molecular formula is C16H20FN5O2. The van der Waals surface area contributed by atoms with Gasteiger partial charge in [0.25, 0.3) is 0 Å². The summed E-state index contributed by atoms with van der Waals surface area (Å²) in [5.74, 6) is 1.20. The van der Waals surface area contributed by atoms with Gasteiger partial charge in [-0.25, -0.2) is 18.9 Å². The molecule has 0 spiro atoms. The Hall–Kier alpha value is -2.48. The number of fused-ring (bicyclic) bond motifs is 1. The SMILES string of the molecule is CO[C@H](CNC(=O)N1CCn2nc(C)nc2C1)c1ccc(F)cc1. The molecule has 1 N–H and O–H groups in total. The predicted octanol–water partition coefficient (Wildman–Crippen LogP) is 1.64. The third-order valence-electron chi connectivity index (χ3n) is 4.02. The van der Waals surface area contributed by atoms with Crippen molar-refractivity contribution < 1.29 is 13.9 Å². The van der Waals surface area contributed by atoms with Crippen molar-refractivity contribution in [1.29, 1.82) is 0 Å². The van der Waals surface area contributed by atoms with Crippen LogP contribution in [0.1, 0.15) is 23.3 Å². The number of benzene rings is 1. The van der Waals surface area contributed by atoms with Gasteiger partial charge in [0.2, 0.25) is 0 Å². The molecule has 24 heavy (non-hydrogen) atoms. The largest absolute Gasteiger partial charge is 0.375 e. The fourth-order valence-electron chi connectivity index (χ4n) is 2.74. The molecule has 8 heteroatoms. The number of carbonyl (C=O) groups is 1. The third-order valence-corrected chi connectivity index (χ3v) is 4.02. The molecule has 1 aliphatic heterocycles. The molecule has 7 nitrogen and oxygen atoms in total. The lowest BCUT2D eigenvalue weighted by Gasteiger charge is -2.27. The first-order valence-electron chi connectivity index (χ1n) is 7.78. The summed E-state index contributed by atoms with van der Waals surface area (Å²) in [5.41, 5.74) is 0.813. The zero-order chi connectivity index (χ0) is 17.1. The minimum absolute atomic E-state index is 0.175. The van der Waals surface area contributed by atoms with Crippen LogP contribution < -0.4 is 5.32 Å². The molecule has 2 heterocycles. The second-order valence-corrected chi connectivity index (χ2v) is 5.68. The molecule has 0 radical (unpaired) electrons. The lowest BCUT2D eigenvalue weighted by Crippen LogP contribution is -2.45. The van der Waals surface area contributed by atoms with E-state index in [4.69, 9.17) is 4.74 Å². The Morgan fingerprint density at radius 1 is 1.38 bits per heavy atom. The van der Waals surface area contributed by atoms with Gasteiger partial charge in [-0.15, -0.1) is 0 Å². The van der Waals surface area contributed by atoms with E-state index >= 15 is 0 Å². The molecule has 0 fully saturated rings. The second-order valence-electron chi connectivity index (χ2n) is 5.68. The molecule has 1 aromatic heterocycles. The van der Waals surface area contributed by atoms with Gasteiger partial charge in [-0.3, -0.25) is 0 Å². The van der Waals surface area contributed by atoms with E-state index in [1.54, 1.807) is 24.1 Å². The lowest BCUT2D eigenvalue weighted by atomic mass is 10.1. The highest BCUT2D eigenvalue weighted by Gasteiger charge is 2.23. The number of hydrogen-bond donors (Lipinski definition) is 1. The minimum Gasteiger partial charge on any atom is -0.375 e. The van der Waals surface area contributed by atoms with Gasteiger partial charge >= 0.3 is 6.03 Å². The topological polar surface area (TPSA) is 72.3 Å². The number of carbonyl (C=O) groups excluding carboxylic acids is 1. The summed E-state index contributed by atoms with van der Waals surface area (Å²) in [6.07, 6.45) is -0.328. The Morgan fingerprint density at radius 3 is 2.83 bits per heavy atom. The Kier molecular flexibility index (Phi) is 4.75. The first kappa shape index (κ1) is 16.4. The maximum Gasteiger partial charge on any atom is 0.317 e. The van der Waals surface area contributed by atoms with E-state index < -0.39 is 0 Å². The van der Waals surface area contributed by atoms with Gasteiger partial charge in [-0.05, 0) is 24.6 Å². The molecule has 3 rings (SSSR count). The Labute approximate surface area is 139 Å². The van der Waals surface area contributed by atoms with Crippen molar-refractivity contribution in [3.05, 3.63) is 47.3 Å². The van der Waals surface area contributed by atoms with Gasteiger partial charge in [-0.1, -0.05) is 12.1 Å². The van der Waals surface area contributed by atoms with E-state index in [0.717, 1.165) is 11.4 Å². The van der Waals surface area contributed by atoms with E-state index in [0.29, 0.717) is 32.0 Å². The standard InChI is InChI=1S/C16H20FN5O2/c1-11-19-15-10-21(7-8-22(15)20-11)16(23)18-9-14(24-2)12-3-5-13(17)6-4-12/h3-6,14H,7-10H2,1-2H3,(H,18,23)/t14-/m1/s1. The van der Waals surface area contributed by atoms with Crippen LogP contribution in [0.25, 0.3) is 0 Å². The van der Waals surface area contributed by atoms with Crippen LogP contribution in [0.3, 0.4) is 0 Å². The van der Waals surface area contributed by atoms with Gasteiger partial charge in [0.15, 0.2) is 0 Å². The maximum absolute atomic E-state index is 13.0. The zero-order valence-corrected chi connectivity index (χ0v) is 13.7. The van der Waals surface area contributed by atoms with Gasteiger partial charge in [0.1, 0.15) is 17.5 Å². The number of halogens is 1. The number of nitrogens with one attached hydrogen (secondary N) is 1. The summed E-state index contributed by atoms with van der Waals surface area (Å²) in [4.78, 5) is 18.4. The molecule has 0 aliphatic carbocycles. The molecule has 1 aromatic carbocycles. The Balaban J connectivity index is 1.57. The Morgan fingerprint density at radius 2 is 2.12 bits per heavy atom. The average molecular weight is 333 g/mol. The summed E-state index contributed by atoms with van der Waals surface area (Å²) in [7, 11) is 1.56.